The summed E-state index contributed by atoms with van der Waals surface area (Å²) in [5, 5.41) is 0. The van der Waals surface area contributed by atoms with E-state index in [4.69, 9.17) is 22.7 Å². The fourth-order valence-corrected chi connectivity index (χ4v) is 2.30. The first-order valence-corrected chi connectivity index (χ1v) is 7.50. The lowest BCUT2D eigenvalue weighted by atomic mass is 9.89. The van der Waals surface area contributed by atoms with Crippen molar-refractivity contribution in [3.8, 4) is 0 Å². The van der Waals surface area contributed by atoms with E-state index in [0.29, 0.717) is 11.1 Å². The number of hydrogen-bond donors (Lipinski definition) is 1. The average Bonchev–Trinajstić information content (AvgIpc) is 2.34. The standard InChI is InChI=1S/C14H28N2OS/c1-4-10-17-12-6-5-8-16(11-12)9-7-14(2,3)13(15)18/h12H,4-11H2,1-3H3,(H2,15,18). The summed E-state index contributed by atoms with van der Waals surface area (Å²) in [6, 6.07) is 0. The van der Waals surface area contributed by atoms with Gasteiger partial charge in [-0.25, -0.2) is 0 Å². The summed E-state index contributed by atoms with van der Waals surface area (Å²) in [6.07, 6.45) is 5.00. The van der Waals surface area contributed by atoms with Crippen molar-refractivity contribution >= 4 is 17.2 Å². The van der Waals surface area contributed by atoms with Crippen LogP contribution in [0.5, 0.6) is 0 Å². The Kier molecular flexibility index (Phi) is 6.53. The molecule has 1 heterocycles. The highest BCUT2D eigenvalue weighted by atomic mass is 32.1. The quantitative estimate of drug-likeness (QED) is 0.723. The van der Waals surface area contributed by atoms with E-state index < -0.39 is 0 Å². The van der Waals surface area contributed by atoms with Crippen molar-refractivity contribution in [1.29, 1.82) is 0 Å². The predicted molar refractivity (Wildman–Crippen MR) is 80.9 cm³/mol. The van der Waals surface area contributed by atoms with Crippen molar-refractivity contribution in [3.63, 3.8) is 0 Å². The van der Waals surface area contributed by atoms with Crippen LogP contribution in [0.15, 0.2) is 0 Å². The number of thiocarbonyl (C=S) groups is 1. The Bertz CT molecular complexity index is 269. The Morgan fingerprint density at radius 1 is 1.50 bits per heavy atom. The van der Waals surface area contributed by atoms with E-state index in [9.17, 15) is 0 Å². The highest BCUT2D eigenvalue weighted by Crippen LogP contribution is 2.22. The molecule has 4 heteroatoms. The Hall–Kier alpha value is -0.190. The molecule has 0 aliphatic carbocycles. The minimum atomic E-state index is -0.0352. The molecule has 1 fully saturated rings. The fraction of sp³-hybridized carbons (Fsp3) is 0.929. The minimum absolute atomic E-state index is 0.0352. The molecule has 1 aliphatic heterocycles. The lowest BCUT2D eigenvalue weighted by molar-refractivity contribution is -0.00153. The molecule has 1 atom stereocenters. The molecule has 1 rings (SSSR count). The van der Waals surface area contributed by atoms with E-state index in [1.807, 2.05) is 0 Å². The molecule has 0 aromatic carbocycles. The van der Waals surface area contributed by atoms with E-state index in [2.05, 4.69) is 25.7 Å². The van der Waals surface area contributed by atoms with Crippen molar-refractivity contribution in [2.75, 3.05) is 26.2 Å². The van der Waals surface area contributed by atoms with Gasteiger partial charge < -0.3 is 15.4 Å². The number of piperidine rings is 1. The van der Waals surface area contributed by atoms with Gasteiger partial charge in [-0.1, -0.05) is 33.0 Å². The molecule has 2 N–H and O–H groups in total. The highest BCUT2D eigenvalue weighted by Gasteiger charge is 2.25. The van der Waals surface area contributed by atoms with E-state index in [0.717, 1.165) is 32.5 Å². The molecule has 0 aromatic rings. The molecule has 1 aliphatic rings. The second-order valence-corrected chi connectivity index (χ2v) is 6.37. The number of likely N-dealkylation sites (tertiary alicyclic amines) is 1. The van der Waals surface area contributed by atoms with Crippen LogP contribution < -0.4 is 5.73 Å². The van der Waals surface area contributed by atoms with Gasteiger partial charge in [-0.15, -0.1) is 0 Å². The summed E-state index contributed by atoms with van der Waals surface area (Å²) in [4.78, 5) is 3.11. The zero-order chi connectivity index (χ0) is 13.6. The predicted octanol–water partition coefficient (Wildman–Crippen LogP) is 2.58. The summed E-state index contributed by atoms with van der Waals surface area (Å²) in [7, 11) is 0. The van der Waals surface area contributed by atoms with Crippen molar-refractivity contribution in [3.05, 3.63) is 0 Å². The van der Waals surface area contributed by atoms with Gasteiger partial charge in [0.2, 0.25) is 0 Å². The molecule has 0 saturated carbocycles. The Balaban J connectivity index is 2.32. The van der Waals surface area contributed by atoms with Crippen LogP contribution in [0.4, 0.5) is 0 Å². The molecule has 0 radical (unpaired) electrons. The van der Waals surface area contributed by atoms with Crippen molar-refractivity contribution < 1.29 is 4.74 Å². The highest BCUT2D eigenvalue weighted by molar-refractivity contribution is 7.80. The van der Waals surface area contributed by atoms with Gasteiger partial charge in [-0.2, -0.15) is 0 Å². The van der Waals surface area contributed by atoms with Crippen LogP contribution in [-0.4, -0.2) is 42.2 Å². The smallest absolute Gasteiger partial charge is 0.0784 e. The van der Waals surface area contributed by atoms with Crippen LogP contribution in [0.1, 0.15) is 46.5 Å². The summed E-state index contributed by atoms with van der Waals surface area (Å²) in [6.45, 7) is 10.6. The summed E-state index contributed by atoms with van der Waals surface area (Å²) in [5.74, 6) is 0. The molecule has 3 nitrogen and oxygen atoms in total. The topological polar surface area (TPSA) is 38.5 Å². The molecule has 0 amide bonds. The third-order valence-electron chi connectivity index (χ3n) is 3.74. The third kappa shape index (κ3) is 5.21. The molecule has 0 aromatic heterocycles. The largest absolute Gasteiger partial charge is 0.393 e. The maximum absolute atomic E-state index is 5.85. The molecule has 0 bridgehead atoms. The summed E-state index contributed by atoms with van der Waals surface area (Å²) >= 11 is 5.11. The van der Waals surface area contributed by atoms with Crippen molar-refractivity contribution in [2.45, 2.75) is 52.6 Å². The van der Waals surface area contributed by atoms with Gasteiger partial charge in [0, 0.05) is 18.6 Å². The van der Waals surface area contributed by atoms with Gasteiger partial charge >= 0.3 is 0 Å². The third-order valence-corrected chi connectivity index (χ3v) is 4.29. The van der Waals surface area contributed by atoms with Crippen LogP contribution in [0.2, 0.25) is 0 Å². The zero-order valence-corrected chi connectivity index (χ0v) is 12.9. The van der Waals surface area contributed by atoms with Crippen molar-refractivity contribution in [1.82, 2.24) is 4.90 Å². The maximum atomic E-state index is 5.85. The Morgan fingerprint density at radius 3 is 2.83 bits per heavy atom. The SMILES string of the molecule is CCCOC1CCCN(CCC(C)(C)C(N)=S)C1. The molecule has 1 unspecified atom stereocenters. The number of nitrogens with zero attached hydrogens (tertiary/aromatic N) is 1. The maximum Gasteiger partial charge on any atom is 0.0784 e. The van der Waals surface area contributed by atoms with E-state index >= 15 is 0 Å². The van der Waals surface area contributed by atoms with Gasteiger partial charge in [0.1, 0.15) is 0 Å². The van der Waals surface area contributed by atoms with E-state index in [-0.39, 0.29) is 5.41 Å². The normalized spacial score (nSPS) is 22.1. The van der Waals surface area contributed by atoms with Crippen LogP contribution >= 0.6 is 12.2 Å². The number of nitrogens with two attached hydrogens (primary N) is 1. The molecule has 106 valence electrons. The van der Waals surface area contributed by atoms with E-state index in [1.54, 1.807) is 0 Å². The second-order valence-electron chi connectivity index (χ2n) is 5.93. The first-order chi connectivity index (χ1) is 8.45. The van der Waals surface area contributed by atoms with E-state index in [1.165, 1.54) is 19.4 Å². The number of ether oxygens (including phenoxy) is 1. The summed E-state index contributed by atoms with van der Waals surface area (Å²) in [5.41, 5.74) is 5.73. The Labute approximate surface area is 117 Å². The molecular formula is C14H28N2OS. The van der Waals surface area contributed by atoms with Crippen LogP contribution in [0.3, 0.4) is 0 Å². The van der Waals surface area contributed by atoms with Gasteiger partial charge in [0.05, 0.1) is 11.1 Å². The Morgan fingerprint density at radius 2 is 2.22 bits per heavy atom. The lowest BCUT2D eigenvalue weighted by Gasteiger charge is -2.34. The molecule has 18 heavy (non-hydrogen) atoms. The monoisotopic (exact) mass is 272 g/mol. The molecular weight excluding hydrogens is 244 g/mol. The number of rotatable bonds is 7. The first-order valence-electron chi connectivity index (χ1n) is 7.09. The first kappa shape index (κ1) is 15.9. The van der Waals surface area contributed by atoms with Crippen LogP contribution in [0.25, 0.3) is 0 Å². The van der Waals surface area contributed by atoms with Gasteiger partial charge in [0.25, 0.3) is 0 Å². The second kappa shape index (κ2) is 7.41. The van der Waals surface area contributed by atoms with Crippen LogP contribution in [0, 0.1) is 5.41 Å². The lowest BCUT2D eigenvalue weighted by Crippen LogP contribution is -2.42. The fourth-order valence-electron chi connectivity index (χ4n) is 2.20. The van der Waals surface area contributed by atoms with Gasteiger partial charge in [-0.05, 0) is 38.8 Å². The zero-order valence-electron chi connectivity index (χ0n) is 12.1. The summed E-state index contributed by atoms with van der Waals surface area (Å²) < 4.78 is 5.85. The number of hydrogen-bond acceptors (Lipinski definition) is 3. The average molecular weight is 272 g/mol. The van der Waals surface area contributed by atoms with Crippen molar-refractivity contribution in [2.24, 2.45) is 11.1 Å². The van der Waals surface area contributed by atoms with Crippen LogP contribution in [-0.2, 0) is 4.74 Å². The van der Waals surface area contributed by atoms with Gasteiger partial charge in [-0.3, -0.25) is 0 Å². The molecule has 0 spiro atoms. The molecule has 1 saturated heterocycles. The minimum Gasteiger partial charge on any atom is -0.393 e. The van der Waals surface area contributed by atoms with Gasteiger partial charge in [0.15, 0.2) is 0 Å².